The molecule has 1 fully saturated rings. The van der Waals surface area contributed by atoms with E-state index in [2.05, 4.69) is 22.5 Å². The molecule has 1 aromatic rings. The molecule has 1 aliphatic rings. The first-order valence-corrected chi connectivity index (χ1v) is 7.16. The van der Waals surface area contributed by atoms with E-state index in [1.54, 1.807) is 19.3 Å². The van der Waals surface area contributed by atoms with Crippen molar-refractivity contribution in [2.75, 3.05) is 12.4 Å². The van der Waals surface area contributed by atoms with Gasteiger partial charge in [0, 0.05) is 19.3 Å². The van der Waals surface area contributed by atoms with Crippen molar-refractivity contribution < 1.29 is 4.79 Å². The van der Waals surface area contributed by atoms with Crippen molar-refractivity contribution >= 4 is 11.7 Å². The van der Waals surface area contributed by atoms with Crippen molar-refractivity contribution in [1.82, 2.24) is 10.3 Å². The Bertz CT molecular complexity index is 433. The molecule has 0 bridgehead atoms. The van der Waals surface area contributed by atoms with Crippen molar-refractivity contribution in [2.45, 2.75) is 45.1 Å². The minimum Gasteiger partial charge on any atom is -0.372 e. The molecule has 1 aromatic heterocycles. The third-order valence-corrected chi connectivity index (χ3v) is 3.97. The molecular weight excluding hydrogens is 238 g/mol. The predicted octanol–water partition coefficient (Wildman–Crippen LogP) is 2.82. The summed E-state index contributed by atoms with van der Waals surface area (Å²) in [5.41, 5.74) is 0.626. The molecule has 1 aliphatic carbocycles. The zero-order valence-electron chi connectivity index (χ0n) is 11.8. The van der Waals surface area contributed by atoms with Gasteiger partial charge in [0.15, 0.2) is 0 Å². The Morgan fingerprint density at radius 1 is 1.32 bits per heavy atom. The maximum atomic E-state index is 12.4. The van der Waals surface area contributed by atoms with Crippen molar-refractivity contribution in [2.24, 2.45) is 5.92 Å². The summed E-state index contributed by atoms with van der Waals surface area (Å²) in [6, 6.07) is 3.90. The number of anilines is 1. The molecule has 2 atom stereocenters. The Hall–Kier alpha value is -1.58. The van der Waals surface area contributed by atoms with Gasteiger partial charge in [-0.2, -0.15) is 0 Å². The van der Waals surface area contributed by atoms with E-state index in [1.165, 1.54) is 25.7 Å². The molecule has 0 aromatic carbocycles. The van der Waals surface area contributed by atoms with Gasteiger partial charge in [0.1, 0.15) is 5.82 Å². The summed E-state index contributed by atoms with van der Waals surface area (Å²) in [4.78, 5) is 16.5. The van der Waals surface area contributed by atoms with E-state index in [1.807, 2.05) is 6.07 Å². The Morgan fingerprint density at radius 2 is 2.11 bits per heavy atom. The second-order valence-electron chi connectivity index (χ2n) is 5.34. The maximum Gasteiger partial charge on any atom is 0.255 e. The third-order valence-electron chi connectivity index (χ3n) is 3.97. The monoisotopic (exact) mass is 261 g/mol. The molecule has 0 saturated heterocycles. The van der Waals surface area contributed by atoms with Crippen LogP contribution in [0.3, 0.4) is 0 Å². The Labute approximate surface area is 115 Å². The molecule has 0 spiro atoms. The summed E-state index contributed by atoms with van der Waals surface area (Å²) in [7, 11) is 1.79. The van der Waals surface area contributed by atoms with Gasteiger partial charge in [-0.1, -0.05) is 26.2 Å². The molecule has 2 N–H and O–H groups in total. The number of hydrogen-bond acceptors (Lipinski definition) is 3. The molecule has 0 aliphatic heterocycles. The van der Waals surface area contributed by atoms with E-state index in [9.17, 15) is 4.79 Å². The lowest BCUT2D eigenvalue weighted by molar-refractivity contribution is 0.0922. The van der Waals surface area contributed by atoms with Gasteiger partial charge in [-0.05, 0) is 30.9 Å². The van der Waals surface area contributed by atoms with E-state index in [0.717, 1.165) is 6.42 Å². The van der Waals surface area contributed by atoms with Gasteiger partial charge in [0.25, 0.3) is 5.91 Å². The van der Waals surface area contributed by atoms with Crippen LogP contribution in [-0.4, -0.2) is 24.0 Å². The van der Waals surface area contributed by atoms with Crippen LogP contribution in [0.4, 0.5) is 5.82 Å². The SMILES string of the molecule is CNc1ncccc1C(=O)NC1CCCCCC1C. The van der Waals surface area contributed by atoms with Crippen LogP contribution in [0.1, 0.15) is 49.4 Å². The van der Waals surface area contributed by atoms with E-state index in [4.69, 9.17) is 0 Å². The zero-order chi connectivity index (χ0) is 13.7. The van der Waals surface area contributed by atoms with E-state index in [-0.39, 0.29) is 5.91 Å². The second-order valence-corrected chi connectivity index (χ2v) is 5.34. The highest BCUT2D eigenvalue weighted by molar-refractivity contribution is 5.98. The summed E-state index contributed by atoms with van der Waals surface area (Å²) in [6.07, 6.45) is 7.75. The minimum atomic E-state index is -0.0174. The van der Waals surface area contributed by atoms with Crippen molar-refractivity contribution in [3.05, 3.63) is 23.9 Å². The Kier molecular flexibility index (Phi) is 4.77. The molecule has 4 heteroatoms. The average molecular weight is 261 g/mol. The zero-order valence-corrected chi connectivity index (χ0v) is 11.8. The van der Waals surface area contributed by atoms with Crippen LogP contribution in [0.2, 0.25) is 0 Å². The van der Waals surface area contributed by atoms with Crippen molar-refractivity contribution in [3.8, 4) is 0 Å². The van der Waals surface area contributed by atoms with Gasteiger partial charge in [-0.25, -0.2) is 4.98 Å². The highest BCUT2D eigenvalue weighted by Gasteiger charge is 2.23. The van der Waals surface area contributed by atoms with Crippen LogP contribution >= 0.6 is 0 Å². The Balaban J connectivity index is 2.07. The Morgan fingerprint density at radius 3 is 2.89 bits per heavy atom. The molecule has 1 heterocycles. The summed E-state index contributed by atoms with van der Waals surface area (Å²) in [5, 5.41) is 6.15. The average Bonchev–Trinajstić information content (AvgIpc) is 2.64. The number of amides is 1. The number of rotatable bonds is 3. The molecular formula is C15H23N3O. The first-order chi connectivity index (χ1) is 9.22. The number of nitrogens with zero attached hydrogens (tertiary/aromatic N) is 1. The quantitative estimate of drug-likeness (QED) is 0.823. The number of carbonyl (C=O) groups is 1. The van der Waals surface area contributed by atoms with Crippen LogP contribution < -0.4 is 10.6 Å². The van der Waals surface area contributed by atoms with Crippen LogP contribution in [0.5, 0.6) is 0 Å². The standard InChI is InChI=1S/C15H23N3O/c1-11-7-4-3-5-9-13(11)18-15(19)12-8-6-10-17-14(12)16-2/h6,8,10-11,13H,3-5,7,9H2,1-2H3,(H,16,17)(H,18,19). The topological polar surface area (TPSA) is 54.0 Å². The fraction of sp³-hybridized carbons (Fsp3) is 0.600. The lowest BCUT2D eigenvalue weighted by Crippen LogP contribution is -2.39. The van der Waals surface area contributed by atoms with Gasteiger partial charge in [-0.15, -0.1) is 0 Å². The molecule has 4 nitrogen and oxygen atoms in total. The minimum absolute atomic E-state index is 0.0174. The predicted molar refractivity (Wildman–Crippen MR) is 77.3 cm³/mol. The van der Waals surface area contributed by atoms with E-state index >= 15 is 0 Å². The number of hydrogen-bond donors (Lipinski definition) is 2. The summed E-state index contributed by atoms with van der Waals surface area (Å²) >= 11 is 0. The molecule has 104 valence electrons. The first-order valence-electron chi connectivity index (χ1n) is 7.16. The molecule has 1 amide bonds. The third kappa shape index (κ3) is 3.46. The van der Waals surface area contributed by atoms with Gasteiger partial charge in [0.2, 0.25) is 0 Å². The number of carbonyl (C=O) groups excluding carboxylic acids is 1. The fourth-order valence-electron chi connectivity index (χ4n) is 2.74. The number of aromatic nitrogens is 1. The maximum absolute atomic E-state index is 12.4. The fourth-order valence-corrected chi connectivity index (χ4v) is 2.74. The lowest BCUT2D eigenvalue weighted by Gasteiger charge is -2.23. The number of nitrogens with one attached hydrogen (secondary N) is 2. The van der Waals surface area contributed by atoms with E-state index < -0.39 is 0 Å². The second kappa shape index (κ2) is 6.55. The van der Waals surface area contributed by atoms with Crippen molar-refractivity contribution in [1.29, 1.82) is 0 Å². The molecule has 2 rings (SSSR count). The smallest absolute Gasteiger partial charge is 0.255 e. The normalized spacial score (nSPS) is 23.5. The van der Waals surface area contributed by atoms with Gasteiger partial charge >= 0.3 is 0 Å². The highest BCUT2D eigenvalue weighted by atomic mass is 16.1. The van der Waals surface area contributed by atoms with Gasteiger partial charge < -0.3 is 10.6 Å². The molecule has 1 saturated carbocycles. The molecule has 19 heavy (non-hydrogen) atoms. The first kappa shape index (κ1) is 13.8. The van der Waals surface area contributed by atoms with Gasteiger partial charge in [0.05, 0.1) is 5.56 Å². The van der Waals surface area contributed by atoms with E-state index in [0.29, 0.717) is 23.3 Å². The summed E-state index contributed by atoms with van der Waals surface area (Å²) in [5.74, 6) is 1.18. The molecule has 2 unspecified atom stereocenters. The summed E-state index contributed by atoms with van der Waals surface area (Å²) < 4.78 is 0. The van der Waals surface area contributed by atoms with Gasteiger partial charge in [-0.3, -0.25) is 4.79 Å². The largest absolute Gasteiger partial charge is 0.372 e. The lowest BCUT2D eigenvalue weighted by atomic mass is 9.96. The van der Waals surface area contributed by atoms with Crippen LogP contribution in [0.15, 0.2) is 18.3 Å². The van der Waals surface area contributed by atoms with Crippen LogP contribution in [-0.2, 0) is 0 Å². The van der Waals surface area contributed by atoms with Crippen molar-refractivity contribution in [3.63, 3.8) is 0 Å². The molecule has 0 radical (unpaired) electrons. The number of pyridine rings is 1. The van der Waals surface area contributed by atoms with Crippen LogP contribution in [0, 0.1) is 5.92 Å². The van der Waals surface area contributed by atoms with Crippen LogP contribution in [0.25, 0.3) is 0 Å². The summed E-state index contributed by atoms with van der Waals surface area (Å²) in [6.45, 7) is 2.23. The highest BCUT2D eigenvalue weighted by Crippen LogP contribution is 2.23.